The third-order valence-electron chi connectivity index (χ3n) is 13.9. The number of benzene rings is 5. The second-order valence-corrected chi connectivity index (χ2v) is 19.4. The normalized spacial score (nSPS) is 14.5. The second-order valence-electron chi connectivity index (χ2n) is 19.4. The minimum Gasteiger partial charge on any atom is -0.493 e. The molecule has 4 N–H and O–H groups in total. The number of amides is 7. The van der Waals surface area contributed by atoms with Gasteiger partial charge >= 0.3 is 0 Å². The lowest BCUT2D eigenvalue weighted by Gasteiger charge is -2.20. The molecule has 0 spiro atoms. The van der Waals surface area contributed by atoms with Crippen molar-refractivity contribution in [1.82, 2.24) is 20.9 Å². The van der Waals surface area contributed by atoms with Gasteiger partial charge in [-0.05, 0) is 104 Å². The van der Waals surface area contributed by atoms with E-state index in [0.29, 0.717) is 65.9 Å². The summed E-state index contributed by atoms with van der Waals surface area (Å²) in [6.45, 7) is 5.33. The zero-order valence-electron chi connectivity index (χ0n) is 45.5. The van der Waals surface area contributed by atoms with E-state index in [1.165, 1.54) is 38.9 Å². The molecule has 0 saturated heterocycles. The molecule has 0 aromatic heterocycles. The Bertz CT molecular complexity index is 3300. The number of carbonyl (C=O) groups is 8. The molecule has 420 valence electrons. The minimum absolute atomic E-state index is 0.0449. The SMILES string of the molecule is C=Nc1cc(OCc2cc(COc3cc(N=CC4Cc5ccccc5N4C)c(C=O)cc3OC)cc(NC(=O)C(C)NC(=O)CNC(=O)CCCCC(=O)NCCN3C(=O)C=CC3=O)c2)c(OC)cc1C(=O)N1CCc2ccccc21. The Labute approximate surface area is 468 Å². The zero-order valence-corrected chi connectivity index (χ0v) is 45.5. The highest BCUT2D eigenvalue weighted by Crippen LogP contribution is 2.39. The van der Waals surface area contributed by atoms with Gasteiger partial charge in [-0.2, -0.15) is 0 Å². The Morgan fingerprint density at radius 3 is 2.01 bits per heavy atom. The number of para-hydroxylation sites is 2. The van der Waals surface area contributed by atoms with Gasteiger partial charge in [0.25, 0.3) is 17.7 Å². The number of hydrogen-bond acceptors (Lipinski definition) is 15. The van der Waals surface area contributed by atoms with Crippen molar-refractivity contribution in [3.8, 4) is 23.0 Å². The first-order chi connectivity index (χ1) is 39.2. The number of nitrogens with zero attached hydrogens (tertiary/aromatic N) is 5. The summed E-state index contributed by atoms with van der Waals surface area (Å²) in [6, 6.07) is 26.2. The molecule has 5 aromatic rings. The molecule has 2 atom stereocenters. The molecule has 0 aliphatic carbocycles. The van der Waals surface area contributed by atoms with Crippen LogP contribution in [0.25, 0.3) is 0 Å². The summed E-state index contributed by atoms with van der Waals surface area (Å²) < 4.78 is 24.1. The van der Waals surface area contributed by atoms with Gasteiger partial charge in [0.2, 0.25) is 23.6 Å². The summed E-state index contributed by atoms with van der Waals surface area (Å²) >= 11 is 0. The molecule has 21 nitrogen and oxygen atoms in total. The lowest BCUT2D eigenvalue weighted by atomic mass is 10.1. The fraction of sp³-hybridized carbons (Fsp3) is 0.300. The van der Waals surface area contributed by atoms with Crippen molar-refractivity contribution >= 4 is 89.0 Å². The molecule has 7 amide bonds. The summed E-state index contributed by atoms with van der Waals surface area (Å²) in [5.41, 5.74) is 6.87. The fourth-order valence-corrected chi connectivity index (χ4v) is 9.57. The van der Waals surface area contributed by atoms with E-state index >= 15 is 0 Å². The van der Waals surface area contributed by atoms with Crippen molar-refractivity contribution in [2.24, 2.45) is 9.98 Å². The van der Waals surface area contributed by atoms with Crippen molar-refractivity contribution in [2.45, 2.75) is 70.7 Å². The fourth-order valence-electron chi connectivity index (χ4n) is 9.57. The minimum atomic E-state index is -1.06. The van der Waals surface area contributed by atoms with Crippen LogP contribution in [-0.2, 0) is 54.8 Å². The standard InChI is InChI=1S/C60H63N9O12/c1-37(65-56(73)33-64-55(72)17-11-10-16-54(71)62-21-23-69-57(74)18-19-58(69)75)59(76)66-43-25-38(35-80-52-30-46(42(34-70)28-50(52)78-4)63-32-44-27-41-13-7-8-14-48(41)67(44)3)24-39(26-43)36-81-53-31-47(61-2)45(29-51(53)79-5)60(77)68-22-20-40-12-6-9-15-49(40)68/h6-9,12-15,18-19,24-26,28-32,34,37,44H,2,10-11,16-17,20-23,27,33,35-36H2,1,3-5H3,(H,62,71)(H,64,72)(H,65,73)(H,66,76). The maximum atomic E-state index is 14.0. The highest BCUT2D eigenvalue weighted by molar-refractivity contribution is 6.13. The van der Waals surface area contributed by atoms with Gasteiger partial charge in [-0.3, -0.25) is 53.2 Å². The number of anilines is 3. The molecule has 0 saturated carbocycles. The lowest BCUT2D eigenvalue weighted by molar-refractivity contribution is -0.137. The van der Waals surface area contributed by atoms with E-state index in [9.17, 15) is 38.4 Å². The van der Waals surface area contributed by atoms with Gasteiger partial charge in [0.1, 0.15) is 19.3 Å². The first kappa shape index (κ1) is 57.5. The number of aldehydes is 1. The van der Waals surface area contributed by atoms with Gasteiger partial charge in [0, 0.05) is 92.6 Å². The highest BCUT2D eigenvalue weighted by Gasteiger charge is 2.29. The Kier molecular flexibility index (Phi) is 19.0. The van der Waals surface area contributed by atoms with E-state index in [1.807, 2.05) is 55.7 Å². The molecule has 0 fully saturated rings. The van der Waals surface area contributed by atoms with Crippen LogP contribution < -0.4 is 50.0 Å². The van der Waals surface area contributed by atoms with E-state index in [1.54, 1.807) is 41.3 Å². The molecule has 2 unspecified atom stereocenters. The average molecular weight is 1100 g/mol. The highest BCUT2D eigenvalue weighted by atomic mass is 16.5. The van der Waals surface area contributed by atoms with Crippen molar-refractivity contribution in [1.29, 1.82) is 0 Å². The van der Waals surface area contributed by atoms with Crippen LogP contribution in [0, 0.1) is 0 Å². The van der Waals surface area contributed by atoms with Crippen molar-refractivity contribution in [3.05, 3.63) is 137 Å². The number of carbonyl (C=O) groups excluding carboxylic acids is 8. The number of rotatable bonds is 26. The Morgan fingerprint density at radius 2 is 1.37 bits per heavy atom. The molecule has 0 radical (unpaired) electrons. The number of imide groups is 1. The molecule has 21 heteroatoms. The van der Waals surface area contributed by atoms with Crippen LogP contribution in [0.5, 0.6) is 23.0 Å². The first-order valence-electron chi connectivity index (χ1n) is 26.3. The average Bonchev–Trinajstić information content (AvgIpc) is 4.29. The zero-order chi connectivity index (χ0) is 57.6. The molecule has 3 heterocycles. The maximum absolute atomic E-state index is 14.0. The number of aliphatic imine (C=N–C) groups is 2. The second kappa shape index (κ2) is 26.8. The predicted octanol–water partition coefficient (Wildman–Crippen LogP) is 6.13. The van der Waals surface area contributed by atoms with E-state index in [0.717, 1.165) is 28.3 Å². The van der Waals surface area contributed by atoms with Crippen LogP contribution in [0.2, 0.25) is 0 Å². The van der Waals surface area contributed by atoms with Gasteiger partial charge in [-0.25, -0.2) is 0 Å². The molecular formula is C60H63N9O12. The number of nitrogens with one attached hydrogen (secondary N) is 4. The van der Waals surface area contributed by atoms with E-state index in [4.69, 9.17) is 23.9 Å². The summed E-state index contributed by atoms with van der Waals surface area (Å²) in [5.74, 6) is -1.94. The first-order valence-corrected chi connectivity index (χ1v) is 26.3. The smallest absolute Gasteiger partial charge is 0.260 e. The number of ether oxygens (including phenoxy) is 4. The van der Waals surface area contributed by atoms with E-state index < -0.39 is 42.1 Å². The monoisotopic (exact) mass is 1100 g/mol. The largest absolute Gasteiger partial charge is 0.493 e. The summed E-state index contributed by atoms with van der Waals surface area (Å²) in [7, 11) is 4.92. The molecule has 81 heavy (non-hydrogen) atoms. The van der Waals surface area contributed by atoms with Gasteiger partial charge in [0.15, 0.2) is 29.3 Å². The molecule has 5 aromatic carbocycles. The molecule has 0 bridgehead atoms. The predicted molar refractivity (Wildman–Crippen MR) is 305 cm³/mol. The molecule has 8 rings (SSSR count). The lowest BCUT2D eigenvalue weighted by Crippen LogP contribution is -2.45. The molecule has 3 aliphatic heterocycles. The third kappa shape index (κ3) is 14.3. The van der Waals surface area contributed by atoms with E-state index in [-0.39, 0.29) is 85.5 Å². The molecular weight excluding hydrogens is 1040 g/mol. The van der Waals surface area contributed by atoms with Crippen molar-refractivity contribution < 1.29 is 57.3 Å². The summed E-state index contributed by atoms with van der Waals surface area (Å²) in [5, 5.41) is 10.6. The summed E-state index contributed by atoms with van der Waals surface area (Å²) in [4.78, 5) is 115. The number of unbranched alkanes of at least 4 members (excludes halogenated alkanes) is 1. The van der Waals surface area contributed by atoms with Crippen LogP contribution in [0.15, 0.2) is 113 Å². The van der Waals surface area contributed by atoms with E-state index in [2.05, 4.69) is 50.0 Å². The van der Waals surface area contributed by atoms with Gasteiger partial charge in [-0.1, -0.05) is 36.4 Å². The Morgan fingerprint density at radius 1 is 0.753 bits per heavy atom. The molecule has 3 aliphatic rings. The summed E-state index contributed by atoms with van der Waals surface area (Å²) in [6.07, 6.45) is 7.22. The number of fused-ring (bicyclic) bond motifs is 2. The topological polar surface area (TPSA) is 256 Å². The van der Waals surface area contributed by atoms with Crippen LogP contribution >= 0.6 is 0 Å². The Balaban J connectivity index is 0.927. The van der Waals surface area contributed by atoms with Crippen LogP contribution in [-0.4, -0.2) is 125 Å². The Hall–Kier alpha value is -9.66. The van der Waals surface area contributed by atoms with Gasteiger partial charge < -0.3 is 50.0 Å². The number of methoxy groups -OCH3 is 2. The third-order valence-corrected chi connectivity index (χ3v) is 13.9. The van der Waals surface area contributed by atoms with Crippen molar-refractivity contribution in [3.63, 3.8) is 0 Å². The van der Waals surface area contributed by atoms with Gasteiger partial charge in [-0.15, -0.1) is 0 Å². The van der Waals surface area contributed by atoms with Crippen LogP contribution in [0.4, 0.5) is 28.4 Å². The quantitative estimate of drug-likeness (QED) is 0.0211. The van der Waals surface area contributed by atoms with Crippen LogP contribution in [0.3, 0.4) is 0 Å². The number of hydrogen-bond donors (Lipinski definition) is 4. The van der Waals surface area contributed by atoms with Crippen molar-refractivity contribution in [2.75, 3.05) is 62.6 Å². The van der Waals surface area contributed by atoms with Crippen LogP contribution in [0.1, 0.15) is 75.6 Å². The van der Waals surface area contributed by atoms with Gasteiger partial charge in [0.05, 0.1) is 43.7 Å². The number of likely N-dealkylation sites (N-methyl/N-ethyl adjacent to an activating group) is 1. The maximum Gasteiger partial charge on any atom is 0.260 e.